The lowest BCUT2D eigenvalue weighted by molar-refractivity contribution is 0.477. The van der Waals surface area contributed by atoms with Gasteiger partial charge >= 0.3 is 0 Å². The first kappa shape index (κ1) is 17.1. The SMILES string of the molecule is Oc1ccccc1N=Cc1cn(-c2ccccc2)nc1-c1ccc(Cl)cc1. The van der Waals surface area contributed by atoms with Crippen molar-refractivity contribution in [2.24, 2.45) is 4.99 Å². The molecule has 0 aliphatic heterocycles. The molecule has 0 radical (unpaired) electrons. The maximum absolute atomic E-state index is 9.94. The zero-order valence-electron chi connectivity index (χ0n) is 14.3. The molecule has 0 aliphatic carbocycles. The number of halogens is 1. The lowest BCUT2D eigenvalue weighted by Crippen LogP contribution is -1.93. The molecule has 4 aromatic rings. The van der Waals surface area contributed by atoms with Gasteiger partial charge in [-0.1, -0.05) is 54.1 Å². The Hall–Kier alpha value is -3.37. The zero-order valence-corrected chi connectivity index (χ0v) is 15.1. The summed E-state index contributed by atoms with van der Waals surface area (Å²) in [6, 6.07) is 24.4. The van der Waals surface area contributed by atoms with E-state index in [1.165, 1.54) is 0 Å². The van der Waals surface area contributed by atoms with Crippen LogP contribution in [0.25, 0.3) is 16.9 Å². The first-order valence-electron chi connectivity index (χ1n) is 8.44. The number of nitrogens with zero attached hydrogens (tertiary/aromatic N) is 3. The maximum atomic E-state index is 9.94. The molecular weight excluding hydrogens is 358 g/mol. The van der Waals surface area contributed by atoms with Gasteiger partial charge in [-0.2, -0.15) is 5.10 Å². The fraction of sp³-hybridized carbons (Fsp3) is 0. The molecule has 0 saturated heterocycles. The third-order valence-corrected chi connectivity index (χ3v) is 4.36. The van der Waals surface area contributed by atoms with Crippen LogP contribution in [0.4, 0.5) is 5.69 Å². The van der Waals surface area contributed by atoms with E-state index >= 15 is 0 Å². The van der Waals surface area contributed by atoms with Gasteiger partial charge in [0.1, 0.15) is 17.1 Å². The topological polar surface area (TPSA) is 50.4 Å². The van der Waals surface area contributed by atoms with Gasteiger partial charge in [0.05, 0.1) is 5.69 Å². The van der Waals surface area contributed by atoms with Crippen LogP contribution in [0.3, 0.4) is 0 Å². The maximum Gasteiger partial charge on any atom is 0.141 e. The minimum absolute atomic E-state index is 0.136. The summed E-state index contributed by atoms with van der Waals surface area (Å²) in [5, 5.41) is 15.3. The minimum Gasteiger partial charge on any atom is -0.506 e. The van der Waals surface area contributed by atoms with Gasteiger partial charge in [-0.3, -0.25) is 4.99 Å². The molecule has 0 unspecified atom stereocenters. The molecule has 1 aromatic heterocycles. The van der Waals surface area contributed by atoms with Crippen molar-refractivity contribution in [3.05, 3.63) is 95.6 Å². The molecule has 4 nitrogen and oxygen atoms in total. The Kier molecular flexibility index (Phi) is 4.73. The molecule has 27 heavy (non-hydrogen) atoms. The number of phenolic OH excluding ortho intramolecular Hbond substituents is 1. The van der Waals surface area contributed by atoms with Crippen LogP contribution in [0.5, 0.6) is 5.75 Å². The number of benzene rings is 3. The Morgan fingerprint density at radius 2 is 1.59 bits per heavy atom. The third kappa shape index (κ3) is 3.76. The normalized spacial score (nSPS) is 11.1. The predicted octanol–water partition coefficient (Wildman–Crippen LogP) is 5.65. The van der Waals surface area contributed by atoms with E-state index in [9.17, 15) is 5.11 Å². The second-order valence-corrected chi connectivity index (χ2v) is 6.40. The number of para-hydroxylation sites is 3. The van der Waals surface area contributed by atoms with E-state index in [-0.39, 0.29) is 5.75 Å². The van der Waals surface area contributed by atoms with E-state index in [1.807, 2.05) is 71.5 Å². The molecule has 0 bridgehead atoms. The number of aromatic hydroxyl groups is 1. The fourth-order valence-corrected chi connectivity index (χ4v) is 2.87. The quantitative estimate of drug-likeness (QED) is 0.470. The summed E-state index contributed by atoms with van der Waals surface area (Å²) in [7, 11) is 0. The highest BCUT2D eigenvalue weighted by atomic mass is 35.5. The largest absolute Gasteiger partial charge is 0.506 e. The molecule has 4 rings (SSSR count). The van der Waals surface area contributed by atoms with Crippen LogP contribution in [-0.4, -0.2) is 21.1 Å². The molecule has 0 atom stereocenters. The van der Waals surface area contributed by atoms with Crippen molar-refractivity contribution in [3.63, 3.8) is 0 Å². The van der Waals surface area contributed by atoms with Crippen LogP contribution in [0.15, 0.2) is 90.1 Å². The Labute approximate surface area is 162 Å². The molecule has 0 spiro atoms. The van der Waals surface area contributed by atoms with Crippen molar-refractivity contribution in [3.8, 4) is 22.7 Å². The van der Waals surface area contributed by atoms with Crippen LogP contribution < -0.4 is 0 Å². The summed E-state index contributed by atoms with van der Waals surface area (Å²) >= 11 is 6.02. The molecule has 0 amide bonds. The molecule has 1 N–H and O–H groups in total. The lowest BCUT2D eigenvalue weighted by Gasteiger charge is -2.01. The van der Waals surface area contributed by atoms with Crippen LogP contribution in [0, 0.1) is 0 Å². The van der Waals surface area contributed by atoms with Gasteiger partial charge in [-0.25, -0.2) is 4.68 Å². The van der Waals surface area contributed by atoms with Gasteiger partial charge in [0, 0.05) is 28.6 Å². The Bertz CT molecular complexity index is 1090. The average Bonchev–Trinajstić information content (AvgIpc) is 3.13. The van der Waals surface area contributed by atoms with Crippen molar-refractivity contribution in [2.45, 2.75) is 0 Å². The fourth-order valence-electron chi connectivity index (χ4n) is 2.74. The van der Waals surface area contributed by atoms with Crippen molar-refractivity contribution >= 4 is 23.5 Å². The molecule has 0 aliphatic rings. The van der Waals surface area contributed by atoms with Gasteiger partial charge < -0.3 is 5.11 Å². The summed E-state index contributed by atoms with van der Waals surface area (Å²) in [4.78, 5) is 4.43. The monoisotopic (exact) mass is 373 g/mol. The predicted molar refractivity (Wildman–Crippen MR) is 109 cm³/mol. The van der Waals surface area contributed by atoms with Gasteiger partial charge in [0.15, 0.2) is 0 Å². The van der Waals surface area contributed by atoms with Crippen LogP contribution >= 0.6 is 11.6 Å². The van der Waals surface area contributed by atoms with Gasteiger partial charge in [-0.05, 0) is 36.4 Å². The Morgan fingerprint density at radius 1 is 0.889 bits per heavy atom. The number of rotatable bonds is 4. The second-order valence-electron chi connectivity index (χ2n) is 5.97. The van der Waals surface area contributed by atoms with Crippen LogP contribution in [0.2, 0.25) is 5.02 Å². The highest BCUT2D eigenvalue weighted by Crippen LogP contribution is 2.27. The van der Waals surface area contributed by atoms with Crippen LogP contribution in [-0.2, 0) is 0 Å². The van der Waals surface area contributed by atoms with E-state index in [4.69, 9.17) is 16.7 Å². The van der Waals surface area contributed by atoms with Crippen molar-refractivity contribution in [1.82, 2.24) is 9.78 Å². The third-order valence-electron chi connectivity index (χ3n) is 4.11. The first-order chi connectivity index (χ1) is 13.2. The molecule has 3 aromatic carbocycles. The summed E-state index contributed by atoms with van der Waals surface area (Å²) in [5.41, 5.74) is 4.02. The number of phenols is 1. The van der Waals surface area contributed by atoms with Crippen molar-refractivity contribution < 1.29 is 5.11 Å². The molecule has 5 heteroatoms. The standard InChI is InChI=1S/C22H16ClN3O/c23-18-12-10-16(11-13-18)22-17(14-24-20-8-4-5-9-21(20)27)15-26(25-22)19-6-2-1-3-7-19/h1-15,27H. The Morgan fingerprint density at radius 3 is 2.33 bits per heavy atom. The number of hydrogen-bond acceptors (Lipinski definition) is 3. The average molecular weight is 374 g/mol. The van der Waals surface area contributed by atoms with Gasteiger partial charge in [0.25, 0.3) is 0 Å². The van der Waals surface area contributed by atoms with E-state index in [0.717, 1.165) is 22.5 Å². The highest BCUT2D eigenvalue weighted by molar-refractivity contribution is 6.30. The summed E-state index contributed by atoms with van der Waals surface area (Å²) in [6.45, 7) is 0. The summed E-state index contributed by atoms with van der Waals surface area (Å²) in [5.74, 6) is 0.136. The van der Waals surface area contributed by atoms with Gasteiger partial charge in [-0.15, -0.1) is 0 Å². The van der Waals surface area contributed by atoms with Crippen molar-refractivity contribution in [1.29, 1.82) is 0 Å². The molecule has 132 valence electrons. The minimum atomic E-state index is 0.136. The van der Waals surface area contributed by atoms with E-state index < -0.39 is 0 Å². The van der Waals surface area contributed by atoms with E-state index in [0.29, 0.717) is 10.7 Å². The smallest absolute Gasteiger partial charge is 0.141 e. The second kappa shape index (κ2) is 7.48. The molecule has 0 saturated carbocycles. The summed E-state index contributed by atoms with van der Waals surface area (Å²) < 4.78 is 1.82. The number of hydrogen-bond donors (Lipinski definition) is 1. The zero-order chi connectivity index (χ0) is 18.6. The van der Waals surface area contributed by atoms with E-state index in [2.05, 4.69) is 4.99 Å². The van der Waals surface area contributed by atoms with E-state index in [1.54, 1.807) is 24.4 Å². The van der Waals surface area contributed by atoms with Crippen molar-refractivity contribution in [2.75, 3.05) is 0 Å². The summed E-state index contributed by atoms with van der Waals surface area (Å²) in [6.07, 6.45) is 3.63. The lowest BCUT2D eigenvalue weighted by atomic mass is 10.1. The first-order valence-corrected chi connectivity index (χ1v) is 8.81. The number of aliphatic imine (C=N–C) groups is 1. The van der Waals surface area contributed by atoms with Gasteiger partial charge in [0.2, 0.25) is 0 Å². The molecule has 1 heterocycles. The Balaban J connectivity index is 1.80. The highest BCUT2D eigenvalue weighted by Gasteiger charge is 2.11. The molecular formula is C22H16ClN3O. The molecule has 0 fully saturated rings. The van der Waals surface area contributed by atoms with Crippen LogP contribution in [0.1, 0.15) is 5.56 Å². The number of aromatic nitrogens is 2.